The molecule has 0 bridgehead atoms. The molecule has 0 saturated heterocycles. The van der Waals surface area contributed by atoms with Crippen molar-refractivity contribution in [2.45, 2.75) is 26.2 Å². The molecule has 0 aliphatic rings. The number of benzene rings is 1. The molecule has 16 heavy (non-hydrogen) atoms. The first-order valence-electron chi connectivity index (χ1n) is 5.49. The molecule has 0 heterocycles. The third-order valence-electron chi connectivity index (χ3n) is 2.82. The van der Waals surface area contributed by atoms with Crippen LogP contribution >= 0.6 is 15.9 Å². The quantitative estimate of drug-likeness (QED) is 0.732. The molecule has 90 valence electrons. The van der Waals surface area contributed by atoms with E-state index < -0.39 is 0 Å². The molecular weight excluding hydrogens is 271 g/mol. The summed E-state index contributed by atoms with van der Waals surface area (Å²) in [6, 6.07) is 4.73. The Labute approximate surface area is 105 Å². The fourth-order valence-corrected chi connectivity index (χ4v) is 2.45. The molecule has 1 aromatic rings. The van der Waals surface area contributed by atoms with E-state index >= 15 is 0 Å². The van der Waals surface area contributed by atoms with E-state index in [1.807, 2.05) is 0 Å². The minimum absolute atomic E-state index is 0.198. The summed E-state index contributed by atoms with van der Waals surface area (Å²) in [5.74, 6) is 1.37. The molecule has 1 rings (SSSR count). The molecule has 0 amide bonds. The van der Waals surface area contributed by atoms with Gasteiger partial charge in [-0.05, 0) is 36.5 Å². The number of methoxy groups -OCH3 is 1. The minimum atomic E-state index is -0.198. The molecule has 3 heteroatoms. The summed E-state index contributed by atoms with van der Waals surface area (Å²) in [5.41, 5.74) is 0.969. The Kier molecular flexibility index (Phi) is 5.26. The zero-order chi connectivity index (χ0) is 12.1. The average Bonchev–Trinajstić information content (AvgIpc) is 2.25. The Bertz CT molecular complexity index is 339. The number of alkyl halides is 1. The third kappa shape index (κ3) is 3.21. The first kappa shape index (κ1) is 13.5. The molecule has 1 aromatic carbocycles. The van der Waals surface area contributed by atoms with E-state index in [1.165, 1.54) is 6.07 Å². The lowest BCUT2D eigenvalue weighted by atomic mass is 9.86. The molecule has 0 aromatic heterocycles. The van der Waals surface area contributed by atoms with Crippen molar-refractivity contribution in [3.63, 3.8) is 0 Å². The molecule has 0 fully saturated rings. The Morgan fingerprint density at radius 1 is 1.38 bits per heavy atom. The van der Waals surface area contributed by atoms with E-state index in [-0.39, 0.29) is 5.82 Å². The van der Waals surface area contributed by atoms with E-state index in [0.717, 1.165) is 23.1 Å². The molecule has 0 saturated carbocycles. The molecule has 1 unspecified atom stereocenters. The second-order valence-corrected chi connectivity index (χ2v) is 5.01. The van der Waals surface area contributed by atoms with Crippen molar-refractivity contribution < 1.29 is 9.13 Å². The second-order valence-electron chi connectivity index (χ2n) is 4.21. The SMILES string of the molecule is COc1ccc(F)cc1C(CCBr)C(C)C. The van der Waals surface area contributed by atoms with Gasteiger partial charge in [0.15, 0.2) is 0 Å². The average molecular weight is 289 g/mol. The second kappa shape index (κ2) is 6.24. The van der Waals surface area contributed by atoms with Crippen LogP contribution in [0.15, 0.2) is 18.2 Å². The van der Waals surface area contributed by atoms with Gasteiger partial charge in [0.2, 0.25) is 0 Å². The summed E-state index contributed by atoms with van der Waals surface area (Å²) in [6.07, 6.45) is 0.984. The predicted octanol–water partition coefficient (Wildman–Crippen LogP) is 4.36. The fraction of sp³-hybridized carbons (Fsp3) is 0.538. The predicted molar refractivity (Wildman–Crippen MR) is 68.9 cm³/mol. The van der Waals surface area contributed by atoms with Gasteiger partial charge >= 0.3 is 0 Å². The van der Waals surface area contributed by atoms with Gasteiger partial charge in [-0.3, -0.25) is 0 Å². The lowest BCUT2D eigenvalue weighted by Crippen LogP contribution is -2.09. The van der Waals surface area contributed by atoms with Crippen LogP contribution in [0, 0.1) is 11.7 Å². The maximum absolute atomic E-state index is 13.3. The van der Waals surface area contributed by atoms with Crippen molar-refractivity contribution in [1.82, 2.24) is 0 Å². The number of hydrogen-bond acceptors (Lipinski definition) is 1. The normalized spacial score (nSPS) is 12.9. The Balaban J connectivity index is 3.10. The van der Waals surface area contributed by atoms with E-state index in [0.29, 0.717) is 11.8 Å². The topological polar surface area (TPSA) is 9.23 Å². The first-order chi connectivity index (χ1) is 7.60. The first-order valence-corrected chi connectivity index (χ1v) is 6.61. The largest absolute Gasteiger partial charge is 0.496 e. The van der Waals surface area contributed by atoms with Gasteiger partial charge in [-0.2, -0.15) is 0 Å². The molecule has 0 aliphatic heterocycles. The van der Waals surface area contributed by atoms with Crippen LogP contribution in [0.5, 0.6) is 5.75 Å². The summed E-state index contributed by atoms with van der Waals surface area (Å²) >= 11 is 3.45. The Morgan fingerprint density at radius 2 is 2.06 bits per heavy atom. The Morgan fingerprint density at radius 3 is 2.56 bits per heavy atom. The summed E-state index contributed by atoms with van der Waals surface area (Å²) in [5, 5.41) is 0.912. The number of ether oxygens (including phenoxy) is 1. The number of halogens is 2. The lowest BCUT2D eigenvalue weighted by molar-refractivity contribution is 0.391. The monoisotopic (exact) mass is 288 g/mol. The Hall–Kier alpha value is -0.570. The van der Waals surface area contributed by atoms with Crippen molar-refractivity contribution >= 4 is 15.9 Å². The van der Waals surface area contributed by atoms with Crippen molar-refractivity contribution in [1.29, 1.82) is 0 Å². The third-order valence-corrected chi connectivity index (χ3v) is 3.27. The van der Waals surface area contributed by atoms with Gasteiger partial charge < -0.3 is 4.74 Å². The maximum atomic E-state index is 13.3. The molecule has 1 nitrogen and oxygen atoms in total. The summed E-state index contributed by atoms with van der Waals surface area (Å²) in [4.78, 5) is 0. The molecule has 0 aliphatic carbocycles. The number of hydrogen-bond donors (Lipinski definition) is 0. The maximum Gasteiger partial charge on any atom is 0.123 e. The molecule has 0 N–H and O–H groups in total. The molecular formula is C13H18BrFO. The zero-order valence-corrected chi connectivity index (χ0v) is 11.6. The van der Waals surface area contributed by atoms with Crippen LogP contribution in [0.2, 0.25) is 0 Å². The van der Waals surface area contributed by atoms with E-state index in [4.69, 9.17) is 4.74 Å². The molecule has 0 radical (unpaired) electrons. The highest BCUT2D eigenvalue weighted by Crippen LogP contribution is 2.35. The van der Waals surface area contributed by atoms with Crippen LogP contribution in [0.1, 0.15) is 31.7 Å². The number of rotatable bonds is 5. The summed E-state index contributed by atoms with van der Waals surface area (Å²) < 4.78 is 18.6. The van der Waals surface area contributed by atoms with Gasteiger partial charge in [0.25, 0.3) is 0 Å². The van der Waals surface area contributed by atoms with Crippen molar-refractivity contribution in [3.8, 4) is 5.75 Å². The van der Waals surface area contributed by atoms with Crippen LogP contribution < -0.4 is 4.74 Å². The van der Waals surface area contributed by atoms with Crippen LogP contribution in [0.4, 0.5) is 4.39 Å². The standard InChI is InChI=1S/C13H18BrFO/c1-9(2)11(6-7-14)12-8-10(15)4-5-13(12)16-3/h4-5,8-9,11H,6-7H2,1-3H3. The molecule has 0 spiro atoms. The van der Waals surface area contributed by atoms with Crippen LogP contribution in [-0.2, 0) is 0 Å². The highest BCUT2D eigenvalue weighted by atomic mass is 79.9. The smallest absolute Gasteiger partial charge is 0.123 e. The van der Waals surface area contributed by atoms with Gasteiger partial charge in [-0.1, -0.05) is 29.8 Å². The highest BCUT2D eigenvalue weighted by Gasteiger charge is 2.19. The summed E-state index contributed by atoms with van der Waals surface area (Å²) in [6.45, 7) is 4.30. The van der Waals surface area contributed by atoms with Gasteiger partial charge in [0.05, 0.1) is 7.11 Å². The minimum Gasteiger partial charge on any atom is -0.496 e. The summed E-state index contributed by atoms with van der Waals surface area (Å²) in [7, 11) is 1.63. The van der Waals surface area contributed by atoms with Gasteiger partial charge in [-0.15, -0.1) is 0 Å². The highest BCUT2D eigenvalue weighted by molar-refractivity contribution is 9.09. The van der Waals surface area contributed by atoms with E-state index in [2.05, 4.69) is 29.8 Å². The lowest BCUT2D eigenvalue weighted by Gasteiger charge is -2.22. The van der Waals surface area contributed by atoms with Crippen LogP contribution in [0.25, 0.3) is 0 Å². The van der Waals surface area contributed by atoms with Crippen LogP contribution in [-0.4, -0.2) is 12.4 Å². The molecule has 1 atom stereocenters. The van der Waals surface area contributed by atoms with Crippen LogP contribution in [0.3, 0.4) is 0 Å². The van der Waals surface area contributed by atoms with E-state index in [9.17, 15) is 4.39 Å². The van der Waals surface area contributed by atoms with Crippen molar-refractivity contribution in [3.05, 3.63) is 29.6 Å². The van der Waals surface area contributed by atoms with E-state index in [1.54, 1.807) is 19.2 Å². The zero-order valence-electron chi connectivity index (χ0n) is 9.97. The van der Waals surface area contributed by atoms with Crippen molar-refractivity contribution in [2.75, 3.05) is 12.4 Å². The van der Waals surface area contributed by atoms with Gasteiger partial charge in [0, 0.05) is 10.9 Å². The van der Waals surface area contributed by atoms with Gasteiger partial charge in [0.1, 0.15) is 11.6 Å². The van der Waals surface area contributed by atoms with Crippen molar-refractivity contribution in [2.24, 2.45) is 5.92 Å². The van der Waals surface area contributed by atoms with Gasteiger partial charge in [-0.25, -0.2) is 4.39 Å². The fourth-order valence-electron chi connectivity index (χ4n) is 1.96.